The Morgan fingerprint density at radius 1 is 0.875 bits per heavy atom. The summed E-state index contributed by atoms with van der Waals surface area (Å²) in [5.41, 5.74) is 4.32. The Bertz CT molecular complexity index is 815. The third-order valence-electron chi connectivity index (χ3n) is 3.91. The van der Waals surface area contributed by atoms with E-state index >= 15 is 0 Å². The highest BCUT2D eigenvalue weighted by Gasteiger charge is 2.08. The Hall–Kier alpha value is -2.88. The van der Waals surface area contributed by atoms with Gasteiger partial charge in [-0.2, -0.15) is 4.98 Å². The summed E-state index contributed by atoms with van der Waals surface area (Å²) < 4.78 is 0. The summed E-state index contributed by atoms with van der Waals surface area (Å²) in [7, 11) is 0. The Morgan fingerprint density at radius 2 is 1.58 bits per heavy atom. The Labute approximate surface area is 143 Å². The highest BCUT2D eigenvalue weighted by molar-refractivity contribution is 5.59. The molecule has 3 aromatic rings. The van der Waals surface area contributed by atoms with Gasteiger partial charge in [0.2, 0.25) is 5.95 Å². The van der Waals surface area contributed by atoms with E-state index in [2.05, 4.69) is 52.6 Å². The predicted octanol–water partition coefficient (Wildman–Crippen LogP) is 5.01. The smallest absolute Gasteiger partial charge is 0.229 e. The van der Waals surface area contributed by atoms with E-state index in [1.54, 1.807) is 0 Å². The van der Waals surface area contributed by atoms with Gasteiger partial charge in [0.05, 0.1) is 0 Å². The van der Waals surface area contributed by atoms with Crippen molar-refractivity contribution >= 4 is 17.5 Å². The van der Waals surface area contributed by atoms with Crippen molar-refractivity contribution in [1.82, 2.24) is 9.97 Å². The lowest BCUT2D eigenvalue weighted by molar-refractivity contribution is 0.871. The molecule has 1 atom stereocenters. The molecule has 2 N–H and O–H groups in total. The zero-order chi connectivity index (χ0) is 16.9. The maximum atomic E-state index is 4.60. The minimum absolute atomic E-state index is 0.173. The van der Waals surface area contributed by atoms with E-state index in [1.807, 2.05) is 49.4 Å². The molecule has 0 spiro atoms. The largest absolute Gasteiger partial charge is 0.363 e. The van der Waals surface area contributed by atoms with Crippen LogP contribution < -0.4 is 10.6 Å². The van der Waals surface area contributed by atoms with Crippen LogP contribution in [0.2, 0.25) is 0 Å². The number of aryl methyl sites for hydroxylation is 2. The molecule has 1 unspecified atom stereocenters. The predicted molar refractivity (Wildman–Crippen MR) is 99.7 cm³/mol. The van der Waals surface area contributed by atoms with Gasteiger partial charge >= 0.3 is 0 Å². The number of anilines is 3. The number of para-hydroxylation sites is 1. The van der Waals surface area contributed by atoms with Gasteiger partial charge in [-0.3, -0.25) is 0 Å². The minimum Gasteiger partial charge on any atom is -0.363 e. The summed E-state index contributed by atoms with van der Waals surface area (Å²) >= 11 is 0. The van der Waals surface area contributed by atoms with Crippen LogP contribution in [0.4, 0.5) is 17.5 Å². The molecule has 122 valence electrons. The van der Waals surface area contributed by atoms with Gasteiger partial charge in [-0.15, -0.1) is 0 Å². The van der Waals surface area contributed by atoms with E-state index in [9.17, 15) is 0 Å². The summed E-state index contributed by atoms with van der Waals surface area (Å²) in [5.74, 6) is 1.42. The van der Waals surface area contributed by atoms with Gasteiger partial charge in [0, 0.05) is 23.5 Å². The van der Waals surface area contributed by atoms with Crippen molar-refractivity contribution in [3.8, 4) is 0 Å². The van der Waals surface area contributed by atoms with Gasteiger partial charge < -0.3 is 10.6 Å². The molecule has 0 aliphatic rings. The second-order valence-corrected chi connectivity index (χ2v) is 5.93. The molecule has 1 heterocycles. The van der Waals surface area contributed by atoms with Crippen LogP contribution in [-0.2, 0) is 0 Å². The normalized spacial score (nSPS) is 11.8. The molecule has 4 heteroatoms. The quantitative estimate of drug-likeness (QED) is 0.694. The molecule has 0 saturated heterocycles. The third-order valence-corrected chi connectivity index (χ3v) is 3.91. The summed E-state index contributed by atoms with van der Waals surface area (Å²) in [4.78, 5) is 9.09. The molecule has 0 aliphatic heterocycles. The first-order valence-electron chi connectivity index (χ1n) is 8.11. The van der Waals surface area contributed by atoms with Gasteiger partial charge in [0.25, 0.3) is 0 Å². The first-order chi connectivity index (χ1) is 11.6. The highest BCUT2D eigenvalue weighted by atomic mass is 15.1. The lowest BCUT2D eigenvalue weighted by Gasteiger charge is -2.16. The van der Waals surface area contributed by atoms with Crippen LogP contribution in [0.15, 0.2) is 60.7 Å². The summed E-state index contributed by atoms with van der Waals surface area (Å²) in [5, 5.41) is 6.75. The number of rotatable bonds is 5. The number of nitrogens with zero attached hydrogens (tertiary/aromatic N) is 2. The van der Waals surface area contributed by atoms with Crippen LogP contribution in [0.1, 0.15) is 29.8 Å². The van der Waals surface area contributed by atoms with Crippen LogP contribution in [0.5, 0.6) is 0 Å². The van der Waals surface area contributed by atoms with Crippen molar-refractivity contribution in [2.45, 2.75) is 26.8 Å². The van der Waals surface area contributed by atoms with Crippen LogP contribution in [-0.4, -0.2) is 9.97 Å². The monoisotopic (exact) mass is 318 g/mol. The fourth-order valence-corrected chi connectivity index (χ4v) is 2.58. The molecule has 4 nitrogen and oxygen atoms in total. The fourth-order valence-electron chi connectivity index (χ4n) is 2.58. The fraction of sp³-hybridized carbons (Fsp3) is 0.200. The van der Waals surface area contributed by atoms with Gasteiger partial charge in [-0.1, -0.05) is 48.5 Å². The molecule has 24 heavy (non-hydrogen) atoms. The number of benzene rings is 2. The van der Waals surface area contributed by atoms with Crippen molar-refractivity contribution in [2.75, 3.05) is 10.6 Å². The van der Waals surface area contributed by atoms with E-state index < -0.39 is 0 Å². The van der Waals surface area contributed by atoms with Gasteiger partial charge in [0.15, 0.2) is 0 Å². The SMILES string of the molecule is Cc1cc(NC(C)c2ccccc2)nc(Nc2ccccc2C)n1. The molecule has 2 aromatic carbocycles. The van der Waals surface area contributed by atoms with E-state index in [4.69, 9.17) is 0 Å². The van der Waals surface area contributed by atoms with Crippen LogP contribution in [0, 0.1) is 13.8 Å². The van der Waals surface area contributed by atoms with E-state index in [1.165, 1.54) is 5.56 Å². The second-order valence-electron chi connectivity index (χ2n) is 5.93. The molecule has 1 aromatic heterocycles. The summed E-state index contributed by atoms with van der Waals surface area (Å²) in [6.07, 6.45) is 0. The average molecular weight is 318 g/mol. The molecule has 0 bridgehead atoms. The lowest BCUT2D eigenvalue weighted by Crippen LogP contribution is -2.10. The van der Waals surface area contributed by atoms with Gasteiger partial charge in [-0.25, -0.2) is 4.98 Å². The maximum Gasteiger partial charge on any atom is 0.229 e. The van der Waals surface area contributed by atoms with E-state index in [-0.39, 0.29) is 6.04 Å². The minimum atomic E-state index is 0.173. The van der Waals surface area contributed by atoms with E-state index in [0.717, 1.165) is 22.8 Å². The summed E-state index contributed by atoms with van der Waals surface area (Å²) in [6, 6.07) is 20.6. The van der Waals surface area contributed by atoms with Crippen LogP contribution in [0.3, 0.4) is 0 Å². The standard InChI is InChI=1S/C20H22N4/c1-14-9-7-8-12-18(14)23-20-21-15(2)13-19(24-20)22-16(3)17-10-5-4-6-11-17/h4-13,16H,1-3H3,(H2,21,22,23,24). The van der Waals surface area contributed by atoms with Crippen molar-refractivity contribution < 1.29 is 0 Å². The lowest BCUT2D eigenvalue weighted by atomic mass is 10.1. The van der Waals surface area contributed by atoms with Crippen molar-refractivity contribution in [1.29, 1.82) is 0 Å². The summed E-state index contributed by atoms with van der Waals surface area (Å²) in [6.45, 7) is 6.17. The highest BCUT2D eigenvalue weighted by Crippen LogP contribution is 2.22. The number of aromatic nitrogens is 2. The Morgan fingerprint density at radius 3 is 2.33 bits per heavy atom. The molecule has 0 fully saturated rings. The van der Waals surface area contributed by atoms with Crippen molar-refractivity contribution in [3.05, 3.63) is 77.5 Å². The number of hydrogen-bond donors (Lipinski definition) is 2. The first kappa shape index (κ1) is 16.0. The van der Waals surface area contributed by atoms with Crippen molar-refractivity contribution in [2.24, 2.45) is 0 Å². The van der Waals surface area contributed by atoms with Crippen LogP contribution >= 0.6 is 0 Å². The Kier molecular flexibility index (Phi) is 4.75. The topological polar surface area (TPSA) is 49.8 Å². The average Bonchev–Trinajstić information content (AvgIpc) is 2.57. The number of hydrogen-bond acceptors (Lipinski definition) is 4. The van der Waals surface area contributed by atoms with E-state index in [0.29, 0.717) is 5.95 Å². The number of nitrogens with one attached hydrogen (secondary N) is 2. The second kappa shape index (κ2) is 7.13. The molecule has 0 saturated carbocycles. The molecule has 0 aliphatic carbocycles. The van der Waals surface area contributed by atoms with Crippen molar-refractivity contribution in [3.63, 3.8) is 0 Å². The first-order valence-corrected chi connectivity index (χ1v) is 8.11. The van der Waals surface area contributed by atoms with Crippen LogP contribution in [0.25, 0.3) is 0 Å². The molecule has 3 rings (SSSR count). The molecule has 0 radical (unpaired) electrons. The Balaban J connectivity index is 1.80. The molecular formula is C20H22N4. The molecular weight excluding hydrogens is 296 g/mol. The molecule has 0 amide bonds. The van der Waals surface area contributed by atoms with Gasteiger partial charge in [-0.05, 0) is 38.0 Å². The zero-order valence-corrected chi connectivity index (χ0v) is 14.2. The zero-order valence-electron chi connectivity index (χ0n) is 14.2. The van der Waals surface area contributed by atoms with Gasteiger partial charge in [0.1, 0.15) is 5.82 Å². The third kappa shape index (κ3) is 3.90. The maximum absolute atomic E-state index is 4.60.